The van der Waals surface area contributed by atoms with Gasteiger partial charge in [0.15, 0.2) is 11.5 Å². The number of aromatic nitrogens is 4. The van der Waals surface area contributed by atoms with Crippen molar-refractivity contribution in [1.82, 2.24) is 24.8 Å². The van der Waals surface area contributed by atoms with Crippen LogP contribution in [0.1, 0.15) is 18.4 Å². The summed E-state index contributed by atoms with van der Waals surface area (Å²) in [5.74, 6) is 0.374. The average Bonchev–Trinajstić information content (AvgIpc) is 3.04. The molecule has 27 heavy (non-hydrogen) atoms. The zero-order valence-corrected chi connectivity index (χ0v) is 15.3. The van der Waals surface area contributed by atoms with Gasteiger partial charge in [-0.1, -0.05) is 23.7 Å². The van der Waals surface area contributed by atoms with Gasteiger partial charge < -0.3 is 26.1 Å². The Labute approximate surface area is 160 Å². The minimum Gasteiger partial charge on any atom is -0.450 e. The molecule has 10 heteroatoms. The van der Waals surface area contributed by atoms with E-state index in [1.807, 2.05) is 16.7 Å². The molecule has 0 fully saturated rings. The molecule has 2 heterocycles. The van der Waals surface area contributed by atoms with E-state index in [1.54, 1.807) is 18.5 Å². The number of carbonyl (C=O) groups excluding carboxylic acids is 1. The van der Waals surface area contributed by atoms with E-state index < -0.39 is 6.09 Å². The topological polar surface area (TPSA) is 134 Å². The Hall–Kier alpha value is -3.07. The van der Waals surface area contributed by atoms with E-state index in [2.05, 4.69) is 20.3 Å². The number of benzene rings is 1. The maximum atomic E-state index is 11.7. The number of imidazole rings is 1. The number of ether oxygens (including phenoxy) is 1. The van der Waals surface area contributed by atoms with Crippen LogP contribution in [0, 0.1) is 0 Å². The van der Waals surface area contributed by atoms with Crippen molar-refractivity contribution in [3.63, 3.8) is 0 Å². The Bertz CT molecular complexity index is 927. The van der Waals surface area contributed by atoms with Crippen LogP contribution in [0.5, 0.6) is 0 Å². The predicted molar refractivity (Wildman–Crippen MR) is 103 cm³/mol. The van der Waals surface area contributed by atoms with Crippen LogP contribution in [0.25, 0.3) is 11.2 Å². The molecule has 3 aromatic rings. The van der Waals surface area contributed by atoms with Gasteiger partial charge in [0.05, 0.1) is 12.9 Å². The lowest BCUT2D eigenvalue weighted by Crippen LogP contribution is -2.24. The Kier molecular flexibility index (Phi) is 5.92. The van der Waals surface area contributed by atoms with Gasteiger partial charge in [-0.25, -0.2) is 9.78 Å². The lowest BCUT2D eigenvalue weighted by Gasteiger charge is -2.08. The Balaban J connectivity index is 1.38. The summed E-state index contributed by atoms with van der Waals surface area (Å²) >= 11 is 5.82. The highest BCUT2D eigenvalue weighted by atomic mass is 35.5. The van der Waals surface area contributed by atoms with E-state index in [0.717, 1.165) is 12.0 Å². The number of amides is 1. The third-order valence-electron chi connectivity index (χ3n) is 3.88. The molecule has 0 unspecified atom stereocenters. The van der Waals surface area contributed by atoms with Crippen molar-refractivity contribution in [3.8, 4) is 0 Å². The van der Waals surface area contributed by atoms with Crippen LogP contribution in [-0.2, 0) is 17.8 Å². The third kappa shape index (κ3) is 4.98. The van der Waals surface area contributed by atoms with Gasteiger partial charge >= 0.3 is 6.09 Å². The van der Waals surface area contributed by atoms with Crippen molar-refractivity contribution in [2.24, 2.45) is 0 Å². The number of aryl methyl sites for hydroxylation is 1. The molecule has 142 valence electrons. The number of rotatable bonds is 7. The molecule has 0 aliphatic rings. The molecule has 0 saturated carbocycles. The first-order chi connectivity index (χ1) is 13.0. The van der Waals surface area contributed by atoms with E-state index in [-0.39, 0.29) is 11.8 Å². The zero-order chi connectivity index (χ0) is 19.2. The van der Waals surface area contributed by atoms with Crippen LogP contribution >= 0.6 is 11.6 Å². The number of nitrogens with zero attached hydrogens (tertiary/aromatic N) is 4. The number of nitrogen functional groups attached to an aromatic ring is 2. The van der Waals surface area contributed by atoms with Crippen molar-refractivity contribution in [2.75, 3.05) is 18.1 Å². The first kappa shape index (κ1) is 18.7. The van der Waals surface area contributed by atoms with Crippen LogP contribution < -0.4 is 16.8 Å². The van der Waals surface area contributed by atoms with E-state index in [9.17, 15) is 4.79 Å². The summed E-state index contributed by atoms with van der Waals surface area (Å²) in [4.78, 5) is 24.0. The van der Waals surface area contributed by atoms with Gasteiger partial charge in [0.1, 0.15) is 5.52 Å². The summed E-state index contributed by atoms with van der Waals surface area (Å²) in [5.41, 5.74) is 13.5. The molecule has 3 rings (SSSR count). The van der Waals surface area contributed by atoms with Crippen LogP contribution in [-0.4, -0.2) is 32.2 Å². The lowest BCUT2D eigenvalue weighted by molar-refractivity contribution is 0.143. The third-order valence-corrected chi connectivity index (χ3v) is 4.14. The van der Waals surface area contributed by atoms with Crippen molar-refractivity contribution < 1.29 is 9.53 Å². The second-order valence-corrected chi connectivity index (χ2v) is 6.34. The Morgan fingerprint density at radius 1 is 1.19 bits per heavy atom. The highest BCUT2D eigenvalue weighted by Crippen LogP contribution is 2.17. The number of halogens is 1. The largest absolute Gasteiger partial charge is 0.450 e. The van der Waals surface area contributed by atoms with Crippen LogP contribution in [0.2, 0.25) is 5.02 Å². The maximum absolute atomic E-state index is 11.7. The molecule has 1 amide bonds. The predicted octanol–water partition coefficient (Wildman–Crippen LogP) is 2.35. The zero-order valence-electron chi connectivity index (χ0n) is 14.6. The van der Waals surface area contributed by atoms with Gasteiger partial charge in [0.25, 0.3) is 0 Å². The fourth-order valence-electron chi connectivity index (χ4n) is 2.52. The van der Waals surface area contributed by atoms with Crippen molar-refractivity contribution in [1.29, 1.82) is 0 Å². The van der Waals surface area contributed by atoms with Gasteiger partial charge in [-0.05, 0) is 30.5 Å². The SMILES string of the molecule is Nc1nc(N)c2ncn(CCCCOC(=O)NCc3ccc(Cl)cc3)c2n1. The molecular formula is C17H20ClN7O2. The summed E-state index contributed by atoms with van der Waals surface area (Å²) < 4.78 is 7.02. The van der Waals surface area contributed by atoms with E-state index >= 15 is 0 Å². The number of hydrogen-bond acceptors (Lipinski definition) is 7. The normalized spacial score (nSPS) is 10.9. The standard InChI is InChI=1S/C17H20ClN7O2/c18-12-5-3-11(4-6-12)9-21-17(26)27-8-2-1-7-25-10-22-13-14(19)23-16(20)24-15(13)25/h3-6,10H,1-2,7-9H2,(H,21,26)(H4,19,20,23,24). The fraction of sp³-hybridized carbons (Fsp3) is 0.294. The number of hydrogen-bond donors (Lipinski definition) is 3. The summed E-state index contributed by atoms with van der Waals surface area (Å²) in [6.07, 6.45) is 2.67. The number of anilines is 2. The first-order valence-electron chi connectivity index (χ1n) is 8.42. The molecule has 0 aliphatic carbocycles. The number of fused-ring (bicyclic) bond motifs is 1. The molecule has 2 aromatic heterocycles. The molecule has 0 atom stereocenters. The second kappa shape index (κ2) is 8.54. The van der Waals surface area contributed by atoms with Gasteiger partial charge in [-0.2, -0.15) is 9.97 Å². The lowest BCUT2D eigenvalue weighted by atomic mass is 10.2. The van der Waals surface area contributed by atoms with Gasteiger partial charge in [-0.3, -0.25) is 0 Å². The molecule has 0 saturated heterocycles. The highest BCUT2D eigenvalue weighted by molar-refractivity contribution is 6.30. The minimum atomic E-state index is -0.452. The number of unbranched alkanes of at least 4 members (excludes halogenated alkanes) is 1. The summed E-state index contributed by atoms with van der Waals surface area (Å²) in [6.45, 7) is 1.36. The average molecular weight is 390 g/mol. The molecule has 0 aliphatic heterocycles. The molecule has 1 aromatic carbocycles. The summed E-state index contributed by atoms with van der Waals surface area (Å²) in [6, 6.07) is 7.24. The molecule has 0 radical (unpaired) electrons. The molecule has 5 N–H and O–H groups in total. The van der Waals surface area contributed by atoms with Crippen LogP contribution in [0.15, 0.2) is 30.6 Å². The van der Waals surface area contributed by atoms with Crippen molar-refractivity contribution in [3.05, 3.63) is 41.2 Å². The summed E-state index contributed by atoms with van der Waals surface area (Å²) in [5, 5.41) is 3.35. The number of alkyl carbamates (subject to hydrolysis) is 1. The van der Waals surface area contributed by atoms with Gasteiger partial charge in [0.2, 0.25) is 5.95 Å². The van der Waals surface area contributed by atoms with E-state index in [1.165, 1.54) is 0 Å². The van der Waals surface area contributed by atoms with Crippen LogP contribution in [0.3, 0.4) is 0 Å². The van der Waals surface area contributed by atoms with E-state index in [4.69, 9.17) is 27.8 Å². The summed E-state index contributed by atoms with van der Waals surface area (Å²) in [7, 11) is 0. The monoisotopic (exact) mass is 389 g/mol. The molecule has 0 spiro atoms. The number of nitrogens with one attached hydrogen (secondary N) is 1. The second-order valence-electron chi connectivity index (χ2n) is 5.90. The van der Waals surface area contributed by atoms with Crippen molar-refractivity contribution in [2.45, 2.75) is 25.9 Å². The van der Waals surface area contributed by atoms with Gasteiger partial charge in [-0.15, -0.1) is 0 Å². The van der Waals surface area contributed by atoms with Crippen molar-refractivity contribution >= 4 is 40.6 Å². The van der Waals surface area contributed by atoms with Gasteiger partial charge in [0, 0.05) is 18.1 Å². The van der Waals surface area contributed by atoms with E-state index in [0.29, 0.717) is 42.3 Å². The molecule has 0 bridgehead atoms. The Morgan fingerprint density at radius 2 is 1.96 bits per heavy atom. The highest BCUT2D eigenvalue weighted by Gasteiger charge is 2.10. The molecule has 9 nitrogen and oxygen atoms in total. The van der Waals surface area contributed by atoms with Crippen LogP contribution in [0.4, 0.5) is 16.6 Å². The minimum absolute atomic E-state index is 0.113. The first-order valence-corrected chi connectivity index (χ1v) is 8.79. The molecular weight excluding hydrogens is 370 g/mol. The Morgan fingerprint density at radius 3 is 2.74 bits per heavy atom. The fourth-order valence-corrected chi connectivity index (χ4v) is 2.65. The number of carbonyl (C=O) groups is 1. The quantitative estimate of drug-likeness (QED) is 0.528. The maximum Gasteiger partial charge on any atom is 0.407 e. The number of nitrogens with two attached hydrogens (primary N) is 2. The smallest absolute Gasteiger partial charge is 0.407 e.